The van der Waals surface area contributed by atoms with Gasteiger partial charge in [0, 0.05) is 38.5 Å². The number of benzene rings is 6. The monoisotopic (exact) mass is 1570 g/mol. The van der Waals surface area contributed by atoms with Crippen LogP contribution in [0.25, 0.3) is 0 Å². The van der Waals surface area contributed by atoms with Gasteiger partial charge in [-0.25, -0.2) is 0 Å². The van der Waals surface area contributed by atoms with Crippen molar-refractivity contribution in [2.45, 2.75) is 369 Å². The summed E-state index contributed by atoms with van der Waals surface area (Å²) in [4.78, 5) is 0. The average molecular weight is 1570 g/mol. The van der Waals surface area contributed by atoms with E-state index in [9.17, 15) is 0 Å². The van der Waals surface area contributed by atoms with Crippen molar-refractivity contribution in [2.75, 3.05) is 58.4 Å². The number of methoxy groups -OCH3 is 3. The molecular weight excluding hydrogens is 1420 g/mol. The molecule has 0 spiro atoms. The Morgan fingerprint density at radius 1 is 0.198 bits per heavy atom. The molecule has 0 fully saturated rings. The van der Waals surface area contributed by atoms with E-state index in [1.807, 2.05) is 21.3 Å². The molecule has 6 aromatic rings. The van der Waals surface area contributed by atoms with Crippen molar-refractivity contribution in [1.29, 1.82) is 0 Å². The first-order valence-corrected chi connectivity index (χ1v) is 45.8. The number of ether oxygens (including phenoxy) is 6. The van der Waals surface area contributed by atoms with E-state index >= 15 is 0 Å². The Bertz CT molecular complexity index is 3280. The van der Waals surface area contributed by atoms with E-state index < -0.39 is 0 Å². The van der Waals surface area contributed by atoms with E-state index in [1.165, 1.54) is 202 Å². The first kappa shape index (κ1) is 93.3. The third kappa shape index (κ3) is 29.1. The van der Waals surface area contributed by atoms with Crippen LogP contribution in [0.1, 0.15) is 398 Å². The Hall–Kier alpha value is -4.83. The van der Waals surface area contributed by atoms with Gasteiger partial charge in [0.25, 0.3) is 0 Å². The van der Waals surface area contributed by atoms with Crippen molar-refractivity contribution in [3.63, 3.8) is 0 Å². The number of hydrogen-bond donors (Lipinski definition) is 3. The van der Waals surface area contributed by atoms with Gasteiger partial charge in [-0.15, -0.1) is 0 Å². The molecule has 111 heavy (non-hydrogen) atoms. The lowest BCUT2D eigenvalue weighted by Crippen LogP contribution is -2.17. The number of rotatable bonds is 39. The van der Waals surface area contributed by atoms with E-state index in [-0.39, 0.29) is 32.5 Å². The Morgan fingerprint density at radius 2 is 0.324 bits per heavy atom. The van der Waals surface area contributed by atoms with E-state index in [4.69, 9.17) is 28.4 Å². The van der Waals surface area contributed by atoms with E-state index in [1.54, 1.807) is 0 Å². The second-order valence-electron chi connectivity index (χ2n) is 39.2. The zero-order chi connectivity index (χ0) is 81.2. The lowest BCUT2D eigenvalue weighted by molar-refractivity contribution is 0.298. The summed E-state index contributed by atoms with van der Waals surface area (Å²) in [6.07, 6.45) is 36.7. The van der Waals surface area contributed by atoms with E-state index in [0.717, 1.165) is 124 Å². The summed E-state index contributed by atoms with van der Waals surface area (Å²) in [6.45, 7) is 44.5. The lowest BCUT2D eigenvalue weighted by atomic mass is 9.79. The van der Waals surface area contributed by atoms with Crippen LogP contribution < -0.4 is 28.4 Å². The van der Waals surface area contributed by atoms with Crippen LogP contribution in [-0.4, -0.2) is 58.4 Å². The molecule has 12 bridgehead atoms. The maximum atomic E-state index is 7.54. The Kier molecular flexibility index (Phi) is 37.4. The second kappa shape index (κ2) is 44.5. The van der Waals surface area contributed by atoms with Crippen molar-refractivity contribution in [1.82, 2.24) is 0 Å². The molecule has 0 amide bonds. The van der Waals surface area contributed by atoms with Gasteiger partial charge in [0.2, 0.25) is 0 Å². The van der Waals surface area contributed by atoms with Gasteiger partial charge in [-0.3, -0.25) is 0 Å². The normalized spacial score (nSPS) is 13.3. The standard InChI is InChI=1S/C102H156O6S3/c1-97(2,3)85-61-73-55-79-67-88(100(10,11)12)69-81(94(79)106-49-43-37-31-25-22-28-34-40-46-52-109)57-75-63-86(98(4,5)6)65-77(92(75)104-20)59-83-71-90(102(16,17)18)72-84(96(83)108-51-45-39-33-27-24-30-36-42-48-54-111)60-78-66-87(99(7,8)9)64-76(93(78)105-21)58-82-70-89(101(13,14)15)68-80(56-74(62-85)91(73)103-19)95(82)107-50-44-38-32-26-23-29-35-41-47-53-110/h61-72,109-111H,22-60H2,1-21H3. The van der Waals surface area contributed by atoms with Crippen LogP contribution >= 0.6 is 37.9 Å². The van der Waals surface area contributed by atoms with Gasteiger partial charge in [0.1, 0.15) is 34.5 Å². The molecule has 6 aromatic carbocycles. The van der Waals surface area contributed by atoms with E-state index in [2.05, 4.69) is 235 Å². The minimum absolute atomic E-state index is 0.182. The molecule has 1 aliphatic carbocycles. The summed E-state index contributed by atoms with van der Waals surface area (Å²) in [5, 5.41) is 0. The predicted molar refractivity (Wildman–Crippen MR) is 490 cm³/mol. The fourth-order valence-corrected chi connectivity index (χ4v) is 16.8. The molecule has 0 saturated heterocycles. The van der Waals surface area contributed by atoms with Crippen LogP contribution in [0.4, 0.5) is 0 Å². The van der Waals surface area contributed by atoms with Gasteiger partial charge < -0.3 is 28.4 Å². The number of thiol groups is 3. The Labute approximate surface area is 696 Å². The lowest BCUT2D eigenvalue weighted by Gasteiger charge is -2.29. The first-order valence-electron chi connectivity index (χ1n) is 43.9. The SMILES string of the molecule is COc1c2cc(C(C)(C)C)cc1Cc1cc(C(C)(C)C)cc(c1OCCCCCCCCCCCS)Cc1cc(C(C)(C)C)cc(c1OC)Cc1cc(C(C)(C)C)cc(c1OCCCCCCCCCCCS)Cc1cc(C(C)(C)C)cc(c1OC)Cc1cc(C(C)(C)C)cc(c1OCCCCCCCCCCCS)C2. The summed E-state index contributed by atoms with van der Waals surface area (Å²) in [7, 11) is 5.68. The van der Waals surface area contributed by atoms with Crippen LogP contribution in [0, 0.1) is 0 Å². The number of hydrogen-bond acceptors (Lipinski definition) is 9. The maximum Gasteiger partial charge on any atom is 0.126 e. The predicted octanol–water partition coefficient (Wildman–Crippen LogP) is 28.8. The van der Waals surface area contributed by atoms with Gasteiger partial charge in [0.15, 0.2) is 0 Å². The number of fused-ring (bicyclic) bond motifs is 12. The molecule has 0 saturated carbocycles. The molecule has 9 heteroatoms. The van der Waals surface area contributed by atoms with Crippen LogP contribution in [0.5, 0.6) is 34.5 Å². The zero-order valence-corrected chi connectivity index (χ0v) is 77.0. The molecule has 6 nitrogen and oxygen atoms in total. The quantitative estimate of drug-likeness (QED) is 0.0264. The highest BCUT2D eigenvalue weighted by Gasteiger charge is 2.32. The molecule has 0 radical (unpaired) electrons. The molecular formula is C102H156O6S3. The highest BCUT2D eigenvalue weighted by atomic mass is 32.1. The molecule has 618 valence electrons. The summed E-state index contributed by atoms with van der Waals surface area (Å²) < 4.78 is 43.5. The fraction of sp³-hybridized carbons (Fsp3) is 0.647. The minimum atomic E-state index is -0.184. The highest BCUT2D eigenvalue weighted by molar-refractivity contribution is 7.80. The maximum absolute atomic E-state index is 7.54. The van der Waals surface area contributed by atoms with Gasteiger partial charge >= 0.3 is 0 Å². The van der Waals surface area contributed by atoms with Crippen molar-refractivity contribution in [3.8, 4) is 34.5 Å². The van der Waals surface area contributed by atoms with Crippen molar-refractivity contribution in [2.24, 2.45) is 0 Å². The van der Waals surface area contributed by atoms with Crippen LogP contribution in [-0.2, 0) is 71.0 Å². The van der Waals surface area contributed by atoms with E-state index in [0.29, 0.717) is 58.3 Å². The molecule has 0 heterocycles. The average Bonchev–Trinajstić information content (AvgIpc) is 0.769. The van der Waals surface area contributed by atoms with Gasteiger partial charge in [-0.05, 0) is 188 Å². The molecule has 0 unspecified atom stereocenters. The summed E-state index contributed by atoms with van der Waals surface area (Å²) in [5.41, 5.74) is 20.6. The molecule has 0 aliphatic heterocycles. The van der Waals surface area contributed by atoms with Crippen molar-refractivity contribution >= 4 is 37.9 Å². The van der Waals surface area contributed by atoms with Crippen LogP contribution in [0.15, 0.2) is 72.8 Å². The summed E-state index contributed by atoms with van der Waals surface area (Å²) in [6, 6.07) is 29.6. The van der Waals surface area contributed by atoms with Crippen LogP contribution in [0.3, 0.4) is 0 Å². The third-order valence-corrected chi connectivity index (χ3v) is 24.1. The van der Waals surface area contributed by atoms with Gasteiger partial charge in [0.05, 0.1) is 41.2 Å². The molecule has 0 atom stereocenters. The van der Waals surface area contributed by atoms with Crippen molar-refractivity contribution in [3.05, 3.63) is 173 Å². The van der Waals surface area contributed by atoms with Gasteiger partial charge in [-0.1, -0.05) is 332 Å². The third-order valence-electron chi connectivity index (χ3n) is 23.2. The molecule has 0 aromatic heterocycles. The summed E-state index contributed by atoms with van der Waals surface area (Å²) in [5.74, 6) is 8.66. The van der Waals surface area contributed by atoms with Gasteiger partial charge in [-0.2, -0.15) is 37.9 Å². The first-order chi connectivity index (χ1) is 52.6. The van der Waals surface area contributed by atoms with Crippen LogP contribution in [0.2, 0.25) is 0 Å². The zero-order valence-electron chi connectivity index (χ0n) is 74.3. The highest BCUT2D eigenvalue weighted by Crippen LogP contribution is 2.47. The largest absolute Gasteiger partial charge is 0.496 e. The Morgan fingerprint density at radius 3 is 0.450 bits per heavy atom. The fourth-order valence-electron chi connectivity index (χ4n) is 16.2. The molecule has 7 rings (SSSR count). The minimum Gasteiger partial charge on any atom is -0.496 e. The summed E-state index contributed by atoms with van der Waals surface area (Å²) >= 11 is 13.4. The second-order valence-corrected chi connectivity index (χ2v) is 40.5. The molecule has 0 N–H and O–H groups in total. The smallest absolute Gasteiger partial charge is 0.126 e. The Balaban J connectivity index is 1.56. The topological polar surface area (TPSA) is 55.4 Å². The van der Waals surface area contributed by atoms with Crippen molar-refractivity contribution < 1.29 is 28.4 Å². The number of unbranched alkanes of at least 4 members (excludes halogenated alkanes) is 24. The molecule has 1 aliphatic rings.